The largest absolute Gasteiger partial charge is 0.391 e. The third-order valence-electron chi connectivity index (χ3n) is 8.23. The summed E-state index contributed by atoms with van der Waals surface area (Å²) in [5.41, 5.74) is 0.762. The summed E-state index contributed by atoms with van der Waals surface area (Å²) < 4.78 is 0. The van der Waals surface area contributed by atoms with E-state index in [0.717, 1.165) is 5.56 Å². The molecule has 6 N–H and O–H groups in total. The van der Waals surface area contributed by atoms with Crippen molar-refractivity contribution in [2.45, 2.75) is 116 Å². The minimum absolute atomic E-state index is 0.0211. The van der Waals surface area contributed by atoms with E-state index < -0.39 is 77.8 Å². The molecule has 0 aliphatic carbocycles. The molecule has 2 aliphatic rings. The summed E-state index contributed by atoms with van der Waals surface area (Å²) in [5, 5.41) is 24.0. The zero-order valence-corrected chi connectivity index (χ0v) is 27.7. The van der Waals surface area contributed by atoms with Gasteiger partial charge in [0.1, 0.15) is 36.3 Å². The van der Waals surface area contributed by atoms with Gasteiger partial charge in [0.05, 0.1) is 6.10 Å². The van der Waals surface area contributed by atoms with Crippen molar-refractivity contribution >= 4 is 35.4 Å². The van der Waals surface area contributed by atoms with Crippen LogP contribution in [0.4, 0.5) is 0 Å². The van der Waals surface area contributed by atoms with Crippen molar-refractivity contribution in [3.8, 4) is 0 Å². The standard InChI is InChI=1S/C33H50N6O7/c1-18(2)15-23-29(42)35-25(17-22-11-8-7-9-12-22)28(41)34-20(5)33(46)39-14-10-13-26(39)31(44)36-24(16-19(3)4)30(43)38-27(21(6)40)32(45)37-23/h7-9,11-12,18-21,23-27,40H,10,13-17H2,1-6H3,(H,34,41)(H,35,42)(H,36,44)(H,37,45)(H,38,43)/t20-,21+,23-,24-,25-,26-,27-/m0/s1. The van der Waals surface area contributed by atoms with Gasteiger partial charge in [-0.2, -0.15) is 0 Å². The third kappa shape index (κ3) is 10.0. The van der Waals surface area contributed by atoms with Crippen LogP contribution in [-0.2, 0) is 35.2 Å². The Morgan fingerprint density at radius 2 is 1.24 bits per heavy atom. The van der Waals surface area contributed by atoms with E-state index in [9.17, 15) is 33.9 Å². The second-order valence-corrected chi connectivity index (χ2v) is 13.3. The van der Waals surface area contributed by atoms with Crippen molar-refractivity contribution in [2.75, 3.05) is 6.54 Å². The second kappa shape index (κ2) is 16.5. The molecule has 2 heterocycles. The molecule has 13 nitrogen and oxygen atoms in total. The molecule has 0 radical (unpaired) electrons. The van der Waals surface area contributed by atoms with Crippen molar-refractivity contribution in [1.82, 2.24) is 31.5 Å². The maximum Gasteiger partial charge on any atom is 0.245 e. The first kappa shape index (κ1) is 36.5. The maximum absolute atomic E-state index is 13.7. The Morgan fingerprint density at radius 3 is 1.80 bits per heavy atom. The molecule has 6 amide bonds. The Morgan fingerprint density at radius 1 is 0.717 bits per heavy atom. The fraction of sp³-hybridized carbons (Fsp3) is 0.636. The molecule has 2 aliphatic heterocycles. The number of hydrogen-bond donors (Lipinski definition) is 6. The highest BCUT2D eigenvalue weighted by molar-refractivity contribution is 5.98. The van der Waals surface area contributed by atoms with Crippen molar-refractivity contribution < 1.29 is 33.9 Å². The molecule has 0 unspecified atom stereocenters. The van der Waals surface area contributed by atoms with Crippen molar-refractivity contribution in [1.29, 1.82) is 0 Å². The lowest BCUT2D eigenvalue weighted by Crippen LogP contribution is -2.62. The SMILES string of the molecule is CC(C)C[C@@H]1NC(=O)[C@H]([C@@H](C)O)NC(=O)[C@H](CC(C)C)NC(=O)[C@@H]2CCCN2C(=O)[C@H](C)NC(=O)[C@H](Cc2ccccc2)NC1=O. The van der Waals surface area contributed by atoms with Crippen LogP contribution >= 0.6 is 0 Å². The number of carbonyl (C=O) groups is 6. The zero-order chi connectivity index (χ0) is 34.1. The van der Waals surface area contributed by atoms with Crippen LogP contribution in [0.3, 0.4) is 0 Å². The van der Waals surface area contributed by atoms with Gasteiger partial charge in [-0.3, -0.25) is 28.8 Å². The molecule has 1 aromatic carbocycles. The van der Waals surface area contributed by atoms with Crippen LogP contribution in [0.25, 0.3) is 0 Å². The number of nitrogens with zero attached hydrogens (tertiary/aromatic N) is 1. The first-order valence-corrected chi connectivity index (χ1v) is 16.2. The highest BCUT2D eigenvalue weighted by atomic mass is 16.3. The molecule has 7 atom stereocenters. The lowest BCUT2D eigenvalue weighted by atomic mass is 9.99. The number of rotatable bonds is 7. The van der Waals surface area contributed by atoms with E-state index in [0.29, 0.717) is 19.4 Å². The summed E-state index contributed by atoms with van der Waals surface area (Å²) in [6.45, 7) is 10.6. The summed E-state index contributed by atoms with van der Waals surface area (Å²) in [4.78, 5) is 82.9. The van der Waals surface area contributed by atoms with Gasteiger partial charge in [0.25, 0.3) is 0 Å². The molecule has 0 aromatic heterocycles. The molecular weight excluding hydrogens is 592 g/mol. The van der Waals surface area contributed by atoms with E-state index in [1.165, 1.54) is 18.7 Å². The number of fused-ring (bicyclic) bond motifs is 1. The smallest absolute Gasteiger partial charge is 0.245 e. The Labute approximate surface area is 271 Å². The van der Waals surface area contributed by atoms with E-state index in [1.807, 2.05) is 45.9 Å². The first-order chi connectivity index (χ1) is 21.7. The van der Waals surface area contributed by atoms with E-state index in [-0.39, 0.29) is 31.1 Å². The lowest BCUT2D eigenvalue weighted by molar-refractivity contribution is -0.142. The Bertz CT molecular complexity index is 1250. The fourth-order valence-corrected chi connectivity index (χ4v) is 5.85. The minimum atomic E-state index is -1.44. The summed E-state index contributed by atoms with van der Waals surface area (Å²) in [5.74, 6) is -3.73. The minimum Gasteiger partial charge on any atom is -0.391 e. The Balaban J connectivity index is 2.03. The molecule has 0 spiro atoms. The van der Waals surface area contributed by atoms with Crippen LogP contribution in [-0.4, -0.2) is 94.3 Å². The molecule has 2 fully saturated rings. The van der Waals surface area contributed by atoms with Gasteiger partial charge in [-0.25, -0.2) is 0 Å². The third-order valence-corrected chi connectivity index (χ3v) is 8.23. The normalized spacial score (nSPS) is 28.0. The van der Waals surface area contributed by atoms with Crippen molar-refractivity contribution in [2.24, 2.45) is 11.8 Å². The van der Waals surface area contributed by atoms with Gasteiger partial charge >= 0.3 is 0 Å². The number of hydrogen-bond acceptors (Lipinski definition) is 7. The van der Waals surface area contributed by atoms with Crippen molar-refractivity contribution in [3.05, 3.63) is 35.9 Å². The number of benzene rings is 1. The van der Waals surface area contributed by atoms with E-state index in [1.54, 1.807) is 12.1 Å². The average Bonchev–Trinajstić information content (AvgIpc) is 3.48. The molecule has 2 saturated heterocycles. The Kier molecular flexibility index (Phi) is 13.1. The van der Waals surface area contributed by atoms with Crippen LogP contribution in [0.15, 0.2) is 30.3 Å². The molecule has 0 bridgehead atoms. The molecular formula is C33H50N6O7. The number of aliphatic hydroxyl groups is 1. The summed E-state index contributed by atoms with van der Waals surface area (Å²) in [6.07, 6.45) is 0.139. The zero-order valence-electron chi connectivity index (χ0n) is 27.7. The van der Waals surface area contributed by atoms with Gasteiger partial charge in [-0.05, 0) is 56.9 Å². The molecule has 3 rings (SSSR count). The van der Waals surface area contributed by atoms with Gasteiger partial charge in [0.15, 0.2) is 0 Å². The highest BCUT2D eigenvalue weighted by Crippen LogP contribution is 2.20. The molecule has 254 valence electrons. The predicted octanol–water partition coefficient (Wildman–Crippen LogP) is 0.151. The van der Waals surface area contributed by atoms with Crippen molar-refractivity contribution in [3.63, 3.8) is 0 Å². The highest BCUT2D eigenvalue weighted by Gasteiger charge is 2.40. The quantitative estimate of drug-likeness (QED) is 0.244. The topological polar surface area (TPSA) is 186 Å². The predicted molar refractivity (Wildman–Crippen MR) is 171 cm³/mol. The van der Waals surface area contributed by atoms with Gasteiger partial charge in [0, 0.05) is 13.0 Å². The fourth-order valence-electron chi connectivity index (χ4n) is 5.85. The Hall–Kier alpha value is -4.00. The van der Waals surface area contributed by atoms with E-state index in [4.69, 9.17) is 0 Å². The summed E-state index contributed by atoms with van der Waals surface area (Å²) in [7, 11) is 0. The molecule has 46 heavy (non-hydrogen) atoms. The van der Waals surface area contributed by atoms with Gasteiger partial charge < -0.3 is 36.6 Å². The summed E-state index contributed by atoms with van der Waals surface area (Å²) >= 11 is 0. The number of nitrogens with one attached hydrogen (secondary N) is 5. The maximum atomic E-state index is 13.7. The van der Waals surface area contributed by atoms with Gasteiger partial charge in [-0.15, -0.1) is 0 Å². The summed E-state index contributed by atoms with van der Waals surface area (Å²) in [6, 6.07) is 2.49. The molecule has 0 saturated carbocycles. The number of amides is 6. The van der Waals surface area contributed by atoms with Gasteiger partial charge in [0.2, 0.25) is 35.4 Å². The number of carbonyl (C=O) groups excluding carboxylic acids is 6. The first-order valence-electron chi connectivity index (χ1n) is 16.2. The average molecular weight is 643 g/mol. The van der Waals surface area contributed by atoms with Crippen LogP contribution in [0.2, 0.25) is 0 Å². The van der Waals surface area contributed by atoms with E-state index >= 15 is 0 Å². The van der Waals surface area contributed by atoms with Crippen LogP contribution in [0.5, 0.6) is 0 Å². The van der Waals surface area contributed by atoms with Crippen LogP contribution in [0.1, 0.15) is 72.8 Å². The van der Waals surface area contributed by atoms with Gasteiger partial charge in [-0.1, -0.05) is 58.0 Å². The van der Waals surface area contributed by atoms with Crippen LogP contribution < -0.4 is 26.6 Å². The lowest BCUT2D eigenvalue weighted by Gasteiger charge is -2.31. The van der Waals surface area contributed by atoms with E-state index in [2.05, 4.69) is 26.6 Å². The van der Waals surface area contributed by atoms with Crippen LogP contribution in [0, 0.1) is 11.8 Å². The second-order valence-electron chi connectivity index (χ2n) is 13.3. The molecule has 1 aromatic rings. The molecule has 13 heteroatoms. The number of aliphatic hydroxyl groups excluding tert-OH is 1. The monoisotopic (exact) mass is 642 g/mol.